The van der Waals surface area contributed by atoms with E-state index >= 15 is 0 Å². The minimum Gasteiger partial charge on any atom is -0.430 e. The summed E-state index contributed by atoms with van der Waals surface area (Å²) in [5.41, 5.74) is 3.51. The highest BCUT2D eigenvalue weighted by atomic mass is 16.7. The van der Waals surface area contributed by atoms with Crippen LogP contribution in [0.15, 0.2) is 35.9 Å². The SMILES string of the molecule is CCc1cccc(OC(=O)O[C@@H]2CC[C@@]3(C)C(=CC[C@H]4[C@H]5CC[C@H]([C@@H](C)CCCC(C)C)[C@]5(C)CC[C@H]43)C2)c1. The van der Waals surface area contributed by atoms with Gasteiger partial charge in [0.15, 0.2) is 0 Å². The van der Waals surface area contributed by atoms with Crippen LogP contribution in [0.1, 0.15) is 118 Å². The van der Waals surface area contributed by atoms with Crippen LogP contribution in [0.3, 0.4) is 0 Å². The first-order valence-corrected chi connectivity index (χ1v) is 16.3. The molecule has 0 unspecified atom stereocenters. The Morgan fingerprint density at radius 1 is 1.03 bits per heavy atom. The summed E-state index contributed by atoms with van der Waals surface area (Å²) in [6, 6.07) is 7.75. The molecule has 0 aliphatic heterocycles. The molecule has 4 aliphatic rings. The lowest BCUT2D eigenvalue weighted by molar-refractivity contribution is -0.0597. The monoisotopic (exact) mass is 534 g/mol. The Labute approximate surface area is 238 Å². The second-order valence-electron chi connectivity index (χ2n) is 14.6. The van der Waals surface area contributed by atoms with Crippen molar-refractivity contribution in [2.24, 2.45) is 46.3 Å². The molecule has 0 bridgehead atoms. The number of ether oxygens (including phenoxy) is 2. The van der Waals surface area contributed by atoms with E-state index in [1.807, 2.05) is 18.2 Å². The van der Waals surface area contributed by atoms with Gasteiger partial charge in [0, 0.05) is 6.42 Å². The molecule has 3 saturated carbocycles. The van der Waals surface area contributed by atoms with Crippen LogP contribution in [0.25, 0.3) is 0 Å². The largest absolute Gasteiger partial charge is 0.514 e. The van der Waals surface area contributed by atoms with Crippen molar-refractivity contribution in [1.82, 2.24) is 0 Å². The minimum atomic E-state index is -0.556. The van der Waals surface area contributed by atoms with Crippen LogP contribution in [-0.2, 0) is 11.2 Å². The van der Waals surface area contributed by atoms with Gasteiger partial charge in [0.2, 0.25) is 0 Å². The molecule has 0 heterocycles. The Morgan fingerprint density at radius 3 is 2.62 bits per heavy atom. The molecule has 0 radical (unpaired) electrons. The van der Waals surface area contributed by atoms with Crippen LogP contribution in [0, 0.1) is 46.3 Å². The molecule has 3 nitrogen and oxygen atoms in total. The highest BCUT2D eigenvalue weighted by Crippen LogP contribution is 2.67. The third kappa shape index (κ3) is 5.71. The van der Waals surface area contributed by atoms with E-state index in [9.17, 15) is 4.79 Å². The van der Waals surface area contributed by atoms with Gasteiger partial charge in [0.05, 0.1) is 0 Å². The van der Waals surface area contributed by atoms with Gasteiger partial charge in [-0.25, -0.2) is 4.79 Å². The van der Waals surface area contributed by atoms with E-state index in [-0.39, 0.29) is 11.5 Å². The second kappa shape index (κ2) is 11.6. The zero-order valence-electron chi connectivity index (χ0n) is 25.6. The van der Waals surface area contributed by atoms with Gasteiger partial charge in [0.25, 0.3) is 0 Å². The molecule has 216 valence electrons. The third-order valence-electron chi connectivity index (χ3n) is 12.0. The Morgan fingerprint density at radius 2 is 1.85 bits per heavy atom. The van der Waals surface area contributed by atoms with E-state index in [4.69, 9.17) is 9.47 Å². The number of hydrogen-bond acceptors (Lipinski definition) is 3. The van der Waals surface area contributed by atoms with E-state index in [0.29, 0.717) is 11.2 Å². The third-order valence-corrected chi connectivity index (χ3v) is 12.0. The molecule has 5 rings (SSSR count). The standard InChI is InChI=1S/C36H54O3/c1-7-26-12-9-13-28(22-26)38-34(37)39-29-18-20-35(5)27(23-29)14-15-30-32-17-16-31(25(4)11-8-10-24(2)3)36(32,6)21-19-33(30)35/h9,12-14,22,24-25,29-33H,7-8,10-11,15-21,23H2,1-6H3/t25-,29+,30-,31+,32+,33+,35-,36-/m0/s1. The first-order chi connectivity index (χ1) is 18.6. The molecule has 3 fully saturated rings. The zero-order valence-corrected chi connectivity index (χ0v) is 25.6. The number of rotatable bonds is 8. The molecule has 39 heavy (non-hydrogen) atoms. The summed E-state index contributed by atoms with van der Waals surface area (Å²) >= 11 is 0. The summed E-state index contributed by atoms with van der Waals surface area (Å²) < 4.78 is 11.4. The smallest absolute Gasteiger partial charge is 0.430 e. The summed E-state index contributed by atoms with van der Waals surface area (Å²) in [5.74, 6) is 5.67. The topological polar surface area (TPSA) is 35.5 Å². The lowest BCUT2D eigenvalue weighted by atomic mass is 9.47. The predicted octanol–water partition coefficient (Wildman–Crippen LogP) is 10.2. The van der Waals surface area contributed by atoms with Gasteiger partial charge in [0.1, 0.15) is 11.9 Å². The summed E-state index contributed by atoms with van der Waals surface area (Å²) in [5, 5.41) is 0. The number of carbonyl (C=O) groups excluding carboxylic acids is 1. The Hall–Kier alpha value is -1.77. The van der Waals surface area contributed by atoms with Crippen LogP contribution in [0.2, 0.25) is 0 Å². The number of benzene rings is 1. The molecule has 0 saturated heterocycles. The first-order valence-electron chi connectivity index (χ1n) is 16.3. The van der Waals surface area contributed by atoms with Crippen molar-refractivity contribution in [3.05, 3.63) is 41.5 Å². The van der Waals surface area contributed by atoms with Gasteiger partial charge in [-0.05, 0) is 115 Å². The summed E-state index contributed by atoms with van der Waals surface area (Å²) in [4.78, 5) is 12.6. The molecular weight excluding hydrogens is 480 g/mol. The summed E-state index contributed by atoms with van der Waals surface area (Å²) in [6.45, 7) is 14.6. The molecule has 4 aliphatic carbocycles. The lowest BCUT2D eigenvalue weighted by Crippen LogP contribution is -2.51. The molecule has 0 N–H and O–H groups in total. The van der Waals surface area contributed by atoms with Gasteiger partial charge < -0.3 is 9.47 Å². The fourth-order valence-corrected chi connectivity index (χ4v) is 9.84. The minimum absolute atomic E-state index is 0.0702. The zero-order chi connectivity index (χ0) is 27.8. The van der Waals surface area contributed by atoms with Gasteiger partial charge >= 0.3 is 6.16 Å². The molecule has 1 aromatic carbocycles. The molecule has 3 heteroatoms. The van der Waals surface area contributed by atoms with Crippen molar-refractivity contribution in [2.45, 2.75) is 125 Å². The fourth-order valence-electron chi connectivity index (χ4n) is 9.84. The van der Waals surface area contributed by atoms with Crippen molar-refractivity contribution < 1.29 is 14.3 Å². The van der Waals surface area contributed by atoms with E-state index in [1.165, 1.54) is 51.4 Å². The molecule has 0 spiro atoms. The first kappa shape index (κ1) is 28.7. The number of fused-ring (bicyclic) bond motifs is 5. The maximum absolute atomic E-state index is 12.6. The number of carbonyl (C=O) groups is 1. The average Bonchev–Trinajstić information content (AvgIpc) is 3.26. The van der Waals surface area contributed by atoms with Gasteiger partial charge in [-0.2, -0.15) is 0 Å². The highest BCUT2D eigenvalue weighted by Gasteiger charge is 2.59. The van der Waals surface area contributed by atoms with E-state index < -0.39 is 6.16 Å². The number of aryl methyl sites for hydroxylation is 1. The van der Waals surface area contributed by atoms with Crippen LogP contribution in [-0.4, -0.2) is 12.3 Å². The van der Waals surface area contributed by atoms with E-state index in [1.54, 1.807) is 5.57 Å². The van der Waals surface area contributed by atoms with Crippen molar-refractivity contribution in [3.63, 3.8) is 0 Å². The van der Waals surface area contributed by atoms with Crippen LogP contribution in [0.4, 0.5) is 4.79 Å². The highest BCUT2D eigenvalue weighted by molar-refractivity contribution is 5.64. The maximum atomic E-state index is 12.6. The number of allylic oxidation sites excluding steroid dienone is 1. The average molecular weight is 535 g/mol. The molecule has 1 aromatic rings. The van der Waals surface area contributed by atoms with Crippen molar-refractivity contribution in [1.29, 1.82) is 0 Å². The van der Waals surface area contributed by atoms with Crippen molar-refractivity contribution in [3.8, 4) is 5.75 Å². The second-order valence-corrected chi connectivity index (χ2v) is 14.6. The van der Waals surface area contributed by atoms with Gasteiger partial charge in [-0.1, -0.05) is 84.6 Å². The van der Waals surface area contributed by atoms with Crippen LogP contribution < -0.4 is 4.74 Å². The van der Waals surface area contributed by atoms with E-state index in [0.717, 1.165) is 66.8 Å². The maximum Gasteiger partial charge on any atom is 0.514 e. The lowest BCUT2D eigenvalue weighted by Gasteiger charge is -2.58. The van der Waals surface area contributed by atoms with Gasteiger partial charge in [-0.15, -0.1) is 0 Å². The Balaban J connectivity index is 1.21. The summed E-state index contributed by atoms with van der Waals surface area (Å²) in [6.07, 6.45) is 16.9. The van der Waals surface area contributed by atoms with E-state index in [2.05, 4.69) is 53.7 Å². The quantitative estimate of drug-likeness (QED) is 0.189. The molecule has 0 aromatic heterocycles. The number of hydrogen-bond donors (Lipinski definition) is 0. The summed E-state index contributed by atoms with van der Waals surface area (Å²) in [7, 11) is 0. The van der Waals surface area contributed by atoms with Crippen LogP contribution in [0.5, 0.6) is 5.75 Å². The fraction of sp³-hybridized carbons (Fsp3) is 0.750. The van der Waals surface area contributed by atoms with Gasteiger partial charge in [-0.3, -0.25) is 0 Å². The predicted molar refractivity (Wildman–Crippen MR) is 160 cm³/mol. The van der Waals surface area contributed by atoms with Crippen molar-refractivity contribution >= 4 is 6.16 Å². The Kier molecular flexibility index (Phi) is 8.56. The van der Waals surface area contributed by atoms with Crippen molar-refractivity contribution in [2.75, 3.05) is 0 Å². The normalized spacial score (nSPS) is 36.4. The molecule has 8 atom stereocenters. The molecule has 0 amide bonds. The Bertz CT molecular complexity index is 1040. The van der Waals surface area contributed by atoms with Crippen LogP contribution >= 0.6 is 0 Å². The molecular formula is C36H54O3.